The first-order valence-electron chi connectivity index (χ1n) is 4.29. The molecule has 4 heteroatoms. The molecular weight excluding hydrogens is 156 g/mol. The molecule has 0 aliphatic carbocycles. The second kappa shape index (κ2) is 3.03. The van der Waals surface area contributed by atoms with Crippen molar-refractivity contribution in [1.82, 2.24) is 5.01 Å². The molecule has 0 saturated carbocycles. The van der Waals surface area contributed by atoms with Crippen molar-refractivity contribution in [3.8, 4) is 0 Å². The summed E-state index contributed by atoms with van der Waals surface area (Å²) in [5, 5.41) is 10.9. The van der Waals surface area contributed by atoms with Gasteiger partial charge in [-0.15, -0.1) is 0 Å². The maximum absolute atomic E-state index is 10.7. The Morgan fingerprint density at radius 3 is 2.58 bits per heavy atom. The predicted molar refractivity (Wildman–Crippen MR) is 44.7 cm³/mol. The summed E-state index contributed by atoms with van der Waals surface area (Å²) in [6, 6.07) is 0.326. The smallest absolute Gasteiger partial charge is 0.258 e. The first kappa shape index (κ1) is 9.48. The Kier molecular flexibility index (Phi) is 2.39. The highest BCUT2D eigenvalue weighted by Crippen LogP contribution is 2.25. The first-order chi connectivity index (χ1) is 5.52. The molecule has 1 N–H and O–H groups in total. The van der Waals surface area contributed by atoms with Crippen LogP contribution in [0.5, 0.6) is 0 Å². The third kappa shape index (κ3) is 1.21. The Morgan fingerprint density at radius 2 is 2.25 bits per heavy atom. The Hall–Kier alpha value is -0.610. The third-order valence-electron chi connectivity index (χ3n) is 2.89. The molecule has 0 radical (unpaired) electrons. The number of carbonyl (C=O) groups is 1. The minimum atomic E-state index is -0.602. The Labute approximate surface area is 72.9 Å². The van der Waals surface area contributed by atoms with Crippen LogP contribution in [0.15, 0.2) is 0 Å². The fourth-order valence-electron chi connectivity index (χ4n) is 1.63. The highest BCUT2D eigenvalue weighted by molar-refractivity contribution is 5.45. The van der Waals surface area contributed by atoms with E-state index < -0.39 is 6.23 Å². The molecule has 1 rings (SSSR count). The van der Waals surface area contributed by atoms with Gasteiger partial charge in [-0.05, 0) is 13.8 Å². The molecule has 1 fully saturated rings. The molecule has 0 bridgehead atoms. The van der Waals surface area contributed by atoms with E-state index in [9.17, 15) is 9.90 Å². The van der Waals surface area contributed by atoms with Crippen molar-refractivity contribution >= 4 is 6.41 Å². The highest BCUT2D eigenvalue weighted by Gasteiger charge is 2.43. The molecule has 4 nitrogen and oxygen atoms in total. The maximum Gasteiger partial charge on any atom is 0.258 e. The molecule has 12 heavy (non-hydrogen) atoms. The highest BCUT2D eigenvalue weighted by atomic mass is 16.3. The normalized spacial score (nSPS) is 36.1. The van der Waals surface area contributed by atoms with E-state index in [4.69, 9.17) is 0 Å². The lowest BCUT2D eigenvalue weighted by molar-refractivity contribution is -1.01. The number of aliphatic hydroxyl groups is 1. The van der Waals surface area contributed by atoms with Gasteiger partial charge in [-0.25, -0.2) is 4.59 Å². The van der Waals surface area contributed by atoms with E-state index in [1.165, 1.54) is 5.01 Å². The van der Waals surface area contributed by atoms with Crippen LogP contribution in [0.2, 0.25) is 0 Å². The molecule has 0 aromatic heterocycles. The molecule has 1 amide bonds. The average molecular weight is 173 g/mol. The number of amides is 1. The summed E-state index contributed by atoms with van der Waals surface area (Å²) in [7, 11) is 1.97. The van der Waals surface area contributed by atoms with Crippen molar-refractivity contribution in [3.05, 3.63) is 0 Å². The number of hydrogen-bond acceptors (Lipinski definition) is 2. The van der Waals surface area contributed by atoms with E-state index in [2.05, 4.69) is 13.8 Å². The van der Waals surface area contributed by atoms with Crippen molar-refractivity contribution in [2.45, 2.75) is 32.5 Å². The Bertz CT molecular complexity index is 184. The van der Waals surface area contributed by atoms with Crippen LogP contribution in [0.3, 0.4) is 0 Å². The number of nitrogens with zero attached hydrogens (tertiary/aromatic N) is 2. The van der Waals surface area contributed by atoms with Crippen molar-refractivity contribution in [1.29, 1.82) is 0 Å². The van der Waals surface area contributed by atoms with Gasteiger partial charge in [0, 0.05) is 6.42 Å². The van der Waals surface area contributed by atoms with E-state index >= 15 is 0 Å². The zero-order valence-corrected chi connectivity index (χ0v) is 7.90. The summed E-state index contributed by atoms with van der Waals surface area (Å²) < 4.78 is 0.519. The van der Waals surface area contributed by atoms with E-state index in [-0.39, 0.29) is 0 Å². The Balaban J connectivity index is 2.84. The summed E-state index contributed by atoms with van der Waals surface area (Å²) in [4.78, 5) is 10.7. The number of aliphatic hydroxyl groups excluding tert-OH is 1. The fourth-order valence-corrected chi connectivity index (χ4v) is 1.63. The van der Waals surface area contributed by atoms with Gasteiger partial charge in [0.25, 0.3) is 6.41 Å². The molecular formula is C8H17N2O2+. The van der Waals surface area contributed by atoms with Crippen LogP contribution < -0.4 is 0 Å². The maximum atomic E-state index is 10.7. The lowest BCUT2D eigenvalue weighted by Crippen LogP contribution is -2.58. The largest absolute Gasteiger partial charge is 0.369 e. The lowest BCUT2D eigenvalue weighted by atomic mass is 10.3. The van der Waals surface area contributed by atoms with Gasteiger partial charge in [0.1, 0.15) is 12.6 Å². The van der Waals surface area contributed by atoms with Gasteiger partial charge in [0.05, 0.1) is 7.05 Å². The van der Waals surface area contributed by atoms with Crippen molar-refractivity contribution < 1.29 is 14.5 Å². The molecule has 70 valence electrons. The van der Waals surface area contributed by atoms with Gasteiger partial charge in [-0.3, -0.25) is 4.79 Å². The van der Waals surface area contributed by atoms with Crippen LogP contribution in [0.4, 0.5) is 0 Å². The van der Waals surface area contributed by atoms with Crippen molar-refractivity contribution in [2.24, 2.45) is 0 Å². The van der Waals surface area contributed by atoms with Gasteiger partial charge < -0.3 is 5.11 Å². The van der Waals surface area contributed by atoms with Crippen LogP contribution >= 0.6 is 0 Å². The lowest BCUT2D eigenvalue weighted by Gasteiger charge is -2.38. The molecule has 1 aliphatic heterocycles. The zero-order valence-electron chi connectivity index (χ0n) is 7.90. The number of rotatable bonds is 2. The van der Waals surface area contributed by atoms with Crippen LogP contribution in [0, 0.1) is 0 Å². The molecule has 1 aliphatic rings. The minimum Gasteiger partial charge on any atom is -0.369 e. The van der Waals surface area contributed by atoms with Crippen LogP contribution in [-0.2, 0) is 4.79 Å². The van der Waals surface area contributed by atoms with E-state index in [1.54, 1.807) is 0 Å². The van der Waals surface area contributed by atoms with E-state index in [1.807, 2.05) is 7.05 Å². The number of carbonyl (C=O) groups excluding carboxylic acids is 1. The minimum absolute atomic E-state index is 0.326. The molecule has 0 unspecified atom stereocenters. The molecule has 1 saturated heterocycles. The fraction of sp³-hybridized carbons (Fsp3) is 0.875. The zero-order chi connectivity index (χ0) is 9.35. The predicted octanol–water partition coefficient (Wildman–Crippen LogP) is -0.0631. The SMILES string of the molecule is CC(C)[N@+]1(C)CC[C@@H](O)N1C=O. The average Bonchev–Trinajstić information content (AvgIpc) is 2.29. The van der Waals surface area contributed by atoms with Crippen molar-refractivity contribution in [3.63, 3.8) is 0 Å². The van der Waals surface area contributed by atoms with Gasteiger partial charge in [0.15, 0.2) is 6.23 Å². The molecule has 1 heterocycles. The second-order valence-corrected chi connectivity index (χ2v) is 3.79. The Morgan fingerprint density at radius 1 is 1.67 bits per heavy atom. The van der Waals surface area contributed by atoms with Gasteiger partial charge in [-0.1, -0.05) is 0 Å². The summed E-state index contributed by atoms with van der Waals surface area (Å²) in [6.07, 6.45) is 0.806. The topological polar surface area (TPSA) is 40.5 Å². The molecule has 0 spiro atoms. The van der Waals surface area contributed by atoms with Crippen LogP contribution in [0.25, 0.3) is 0 Å². The van der Waals surface area contributed by atoms with Crippen LogP contribution in [0.1, 0.15) is 20.3 Å². The quantitative estimate of drug-likeness (QED) is 0.469. The number of hydrogen-bond donors (Lipinski definition) is 1. The third-order valence-corrected chi connectivity index (χ3v) is 2.89. The van der Waals surface area contributed by atoms with Crippen LogP contribution in [-0.4, -0.2) is 47.0 Å². The first-order valence-corrected chi connectivity index (χ1v) is 4.29. The summed E-state index contributed by atoms with van der Waals surface area (Å²) in [6.45, 7) is 4.93. The van der Waals surface area contributed by atoms with Gasteiger partial charge in [0.2, 0.25) is 0 Å². The van der Waals surface area contributed by atoms with Gasteiger partial charge in [-0.2, -0.15) is 5.01 Å². The molecule has 0 aromatic carbocycles. The van der Waals surface area contributed by atoms with E-state index in [0.717, 1.165) is 13.0 Å². The summed E-state index contributed by atoms with van der Waals surface area (Å²) in [5.41, 5.74) is 0. The number of quaternary nitrogens is 1. The summed E-state index contributed by atoms with van der Waals surface area (Å²) in [5.74, 6) is 0. The molecule has 2 atom stereocenters. The van der Waals surface area contributed by atoms with Gasteiger partial charge >= 0.3 is 0 Å². The van der Waals surface area contributed by atoms with E-state index in [0.29, 0.717) is 17.1 Å². The molecule has 0 aromatic rings. The standard InChI is InChI=1S/C8H17N2O2/c1-7(2)10(3)5-4-8(12)9(10)6-11/h6-8,12H,4-5H2,1-3H3/q+1/t8-,10+/m1/s1. The monoisotopic (exact) mass is 173 g/mol. The summed E-state index contributed by atoms with van der Waals surface area (Å²) >= 11 is 0. The van der Waals surface area contributed by atoms with Crippen molar-refractivity contribution in [2.75, 3.05) is 13.6 Å². The second-order valence-electron chi connectivity index (χ2n) is 3.79.